The third-order valence-corrected chi connectivity index (χ3v) is 3.99. The van der Waals surface area contributed by atoms with Crippen LogP contribution in [0.25, 0.3) is 0 Å². The van der Waals surface area contributed by atoms with Crippen molar-refractivity contribution in [3.05, 3.63) is 0 Å². The average molecular weight is 343 g/mol. The molecule has 4 nitrogen and oxygen atoms in total. The Kier molecular flexibility index (Phi) is 36.4. The van der Waals surface area contributed by atoms with Gasteiger partial charge in [-0.2, -0.15) is 0 Å². The molecule has 0 spiro atoms. The Morgan fingerprint density at radius 1 is 0.609 bits per heavy atom. The van der Waals surface area contributed by atoms with Gasteiger partial charge in [0.15, 0.2) is 0 Å². The zero-order valence-electron chi connectivity index (χ0n) is 15.3. The second kappa shape index (κ2) is 27.0. The van der Waals surface area contributed by atoms with E-state index >= 15 is 0 Å². The maximum absolute atomic E-state index is 10.3. The van der Waals surface area contributed by atoms with E-state index in [-0.39, 0.29) is 34.0 Å². The van der Waals surface area contributed by atoms with Crippen molar-refractivity contribution in [1.29, 1.82) is 0 Å². The summed E-state index contributed by atoms with van der Waals surface area (Å²) in [7, 11) is 0. The predicted octanol–water partition coefficient (Wildman–Crippen LogP) is 5.60. The smallest absolute Gasteiger partial charge is 0.870 e. The molecular weight excluding hydrogens is 304 g/mol. The quantitative estimate of drug-likeness (QED) is 0.291. The van der Waals surface area contributed by atoms with Crippen LogP contribution in [-0.4, -0.2) is 45.1 Å². The molecule has 0 aromatic heterocycles. The van der Waals surface area contributed by atoms with Crippen LogP contribution in [0, 0.1) is 0 Å². The molecule has 136 valence electrons. The van der Waals surface area contributed by atoms with Crippen molar-refractivity contribution in [3.8, 4) is 0 Å². The molecule has 0 saturated heterocycles. The van der Waals surface area contributed by atoms with E-state index in [0.29, 0.717) is 6.42 Å². The van der Waals surface area contributed by atoms with E-state index < -0.39 is 5.97 Å². The summed E-state index contributed by atoms with van der Waals surface area (Å²) in [5.74, 6) is -0.653. The van der Waals surface area contributed by atoms with E-state index in [1.54, 1.807) is 0 Å². The number of hydrogen-bond donors (Lipinski definition) is 1. The Bertz CT molecular complexity index is 213. The summed E-state index contributed by atoms with van der Waals surface area (Å²) in [6.07, 6.45) is 20.2. The number of hydrogen-bond acceptors (Lipinski definition) is 3. The van der Waals surface area contributed by atoms with Gasteiger partial charge in [-0.25, -0.2) is 0 Å². The molecule has 0 atom stereocenters. The molecule has 3 N–H and O–H groups in total. The van der Waals surface area contributed by atoms with Crippen molar-refractivity contribution in [3.63, 3.8) is 0 Å². The third kappa shape index (κ3) is 30.6. The summed E-state index contributed by atoms with van der Waals surface area (Å²) in [5.41, 5.74) is 0. The number of carboxylic acids is 1. The average Bonchev–Trinajstić information content (AvgIpc) is 2.43. The van der Waals surface area contributed by atoms with Gasteiger partial charge in [-0.05, 0) is 6.42 Å². The summed E-state index contributed by atoms with van der Waals surface area (Å²) < 4.78 is 0. The number of rotatable bonds is 16. The summed E-state index contributed by atoms with van der Waals surface area (Å²) in [5, 5.41) is 8.52. The summed E-state index contributed by atoms with van der Waals surface area (Å²) in [6, 6.07) is 0. The van der Waals surface area contributed by atoms with Crippen LogP contribution < -0.4 is 0 Å². The fraction of sp³-hybridized carbons (Fsp3) is 0.944. The van der Waals surface area contributed by atoms with Gasteiger partial charge in [-0.1, -0.05) is 96.8 Å². The Labute approximate surface area is 159 Å². The van der Waals surface area contributed by atoms with Gasteiger partial charge in [-0.15, -0.1) is 0 Å². The minimum Gasteiger partial charge on any atom is -0.870 e. The minimum absolute atomic E-state index is 0. The first kappa shape index (κ1) is 31.0. The van der Waals surface area contributed by atoms with Gasteiger partial charge >= 0.3 is 29.0 Å². The first-order valence-corrected chi connectivity index (χ1v) is 8.99. The van der Waals surface area contributed by atoms with Crippen LogP contribution in [0.1, 0.15) is 110 Å². The first-order chi connectivity index (χ1) is 9.77. The standard InChI is InChI=1S/C18H36O2.Mg.2H2O/c1-2-3-4-5-6-7-8-9-10-11-12-13-14-15-16-17-18(19)20;;;/h2-17H2,1H3,(H,19,20);;2*1H2/q;+2;;/p-2. The topological polar surface area (TPSA) is 97.3 Å². The zero-order chi connectivity index (χ0) is 14.9. The normalized spacial score (nSPS) is 9.43. The molecule has 0 heterocycles. The second-order valence-corrected chi connectivity index (χ2v) is 6.09. The Balaban J connectivity index is -0.000000602. The fourth-order valence-electron chi connectivity index (χ4n) is 2.65. The van der Waals surface area contributed by atoms with Crippen LogP contribution in [0.3, 0.4) is 0 Å². The van der Waals surface area contributed by atoms with Crippen molar-refractivity contribution in [2.24, 2.45) is 0 Å². The molecule has 0 aromatic rings. The predicted molar refractivity (Wildman–Crippen MR) is 96.8 cm³/mol. The van der Waals surface area contributed by atoms with Gasteiger partial charge in [0.1, 0.15) is 0 Å². The summed E-state index contributed by atoms with van der Waals surface area (Å²) in [6.45, 7) is 2.27. The summed E-state index contributed by atoms with van der Waals surface area (Å²) in [4.78, 5) is 10.3. The number of carboxylic acid groups (broad SMARTS) is 1. The minimum atomic E-state index is -0.653. The van der Waals surface area contributed by atoms with E-state index in [2.05, 4.69) is 6.92 Å². The van der Waals surface area contributed by atoms with Crippen LogP contribution >= 0.6 is 0 Å². The van der Waals surface area contributed by atoms with Crippen LogP contribution in [0.2, 0.25) is 0 Å². The van der Waals surface area contributed by atoms with Gasteiger partial charge in [-0.3, -0.25) is 4.79 Å². The van der Waals surface area contributed by atoms with E-state index in [1.165, 1.54) is 83.5 Å². The maximum Gasteiger partial charge on any atom is 2.00 e. The SMILES string of the molecule is CCCCCCCCCCCCCCCCCC(=O)O.[Mg+2].[OH-].[OH-]. The molecule has 0 aliphatic heterocycles. The van der Waals surface area contributed by atoms with Gasteiger partial charge in [0, 0.05) is 6.42 Å². The molecule has 0 aromatic carbocycles. The van der Waals surface area contributed by atoms with Crippen molar-refractivity contribution >= 4 is 29.0 Å². The molecule has 0 unspecified atom stereocenters. The first-order valence-electron chi connectivity index (χ1n) is 8.99. The monoisotopic (exact) mass is 342 g/mol. The zero-order valence-corrected chi connectivity index (χ0v) is 16.7. The maximum atomic E-state index is 10.3. The molecular formula is C18H38MgO4. The van der Waals surface area contributed by atoms with Crippen molar-refractivity contribution in [2.45, 2.75) is 110 Å². The van der Waals surface area contributed by atoms with E-state index in [1.807, 2.05) is 0 Å². The van der Waals surface area contributed by atoms with Crippen molar-refractivity contribution in [2.75, 3.05) is 0 Å². The molecule has 0 radical (unpaired) electrons. The van der Waals surface area contributed by atoms with Crippen LogP contribution in [0.15, 0.2) is 0 Å². The van der Waals surface area contributed by atoms with Gasteiger partial charge in [0.2, 0.25) is 0 Å². The molecule has 0 bridgehead atoms. The van der Waals surface area contributed by atoms with Gasteiger partial charge in [0.25, 0.3) is 0 Å². The number of unbranched alkanes of at least 4 members (excludes halogenated alkanes) is 14. The molecule has 0 aliphatic carbocycles. The van der Waals surface area contributed by atoms with Crippen LogP contribution in [0.5, 0.6) is 0 Å². The molecule has 0 fully saturated rings. The van der Waals surface area contributed by atoms with Crippen LogP contribution in [0.4, 0.5) is 0 Å². The summed E-state index contributed by atoms with van der Waals surface area (Å²) >= 11 is 0. The molecule has 23 heavy (non-hydrogen) atoms. The van der Waals surface area contributed by atoms with Crippen molar-refractivity contribution in [1.82, 2.24) is 0 Å². The third-order valence-electron chi connectivity index (χ3n) is 3.99. The molecule has 5 heteroatoms. The number of aliphatic carboxylic acids is 1. The largest absolute Gasteiger partial charge is 2.00 e. The van der Waals surface area contributed by atoms with E-state index in [9.17, 15) is 4.79 Å². The van der Waals surface area contributed by atoms with E-state index in [4.69, 9.17) is 5.11 Å². The Morgan fingerprint density at radius 2 is 0.870 bits per heavy atom. The Hall–Kier alpha value is 0.156. The Morgan fingerprint density at radius 3 is 1.13 bits per heavy atom. The van der Waals surface area contributed by atoms with Crippen LogP contribution in [-0.2, 0) is 4.79 Å². The molecule has 0 amide bonds. The molecule has 0 rings (SSSR count). The molecule has 0 saturated carbocycles. The second-order valence-electron chi connectivity index (χ2n) is 6.09. The number of carbonyl (C=O) groups is 1. The van der Waals surface area contributed by atoms with Gasteiger partial charge in [0.05, 0.1) is 0 Å². The fourth-order valence-corrected chi connectivity index (χ4v) is 2.65. The van der Waals surface area contributed by atoms with Gasteiger partial charge < -0.3 is 16.1 Å². The van der Waals surface area contributed by atoms with E-state index in [0.717, 1.165) is 12.8 Å². The van der Waals surface area contributed by atoms with Crippen molar-refractivity contribution < 1.29 is 20.9 Å². The molecule has 0 aliphatic rings.